The normalized spacial score (nSPS) is 15.9. The molecule has 22 heavy (non-hydrogen) atoms. The molecule has 0 spiro atoms. The fourth-order valence-electron chi connectivity index (χ4n) is 2.82. The smallest absolute Gasteiger partial charge is 0.314 e. The lowest BCUT2D eigenvalue weighted by Gasteiger charge is -2.24. The summed E-state index contributed by atoms with van der Waals surface area (Å²) in [5, 5.41) is 0.438. The Morgan fingerprint density at radius 2 is 2.00 bits per heavy atom. The number of carbonyl (C=O) groups excluding carboxylic acids is 1. The van der Waals surface area contributed by atoms with Crippen molar-refractivity contribution in [1.29, 1.82) is 0 Å². The molecule has 1 aromatic carbocycles. The van der Waals surface area contributed by atoms with Gasteiger partial charge < -0.3 is 15.5 Å². The van der Waals surface area contributed by atoms with Crippen LogP contribution in [-0.2, 0) is 0 Å². The topological polar surface area (TPSA) is 62.5 Å². The second kappa shape index (κ2) is 5.75. The molecule has 1 aliphatic heterocycles. The highest BCUT2D eigenvalue weighted by Gasteiger charge is 2.19. The molecule has 2 amide bonds. The Morgan fingerprint density at radius 3 is 2.77 bits per heavy atom. The summed E-state index contributed by atoms with van der Waals surface area (Å²) in [6, 6.07) is 3.41. The van der Waals surface area contributed by atoms with Crippen molar-refractivity contribution >= 4 is 22.6 Å². The van der Waals surface area contributed by atoms with Gasteiger partial charge in [-0.15, -0.1) is 0 Å². The van der Waals surface area contributed by atoms with Crippen LogP contribution in [0.1, 0.15) is 6.42 Å². The van der Waals surface area contributed by atoms with E-state index in [9.17, 15) is 13.6 Å². The number of nitrogens with two attached hydrogens (primary N) is 1. The van der Waals surface area contributed by atoms with Gasteiger partial charge in [0.15, 0.2) is 5.82 Å². The quantitative estimate of drug-likeness (QED) is 0.877. The molecule has 3 rings (SSSR count). The summed E-state index contributed by atoms with van der Waals surface area (Å²) in [5.74, 6) is -1.31. The fourth-order valence-corrected chi connectivity index (χ4v) is 2.82. The molecule has 1 fully saturated rings. The van der Waals surface area contributed by atoms with E-state index in [1.807, 2.05) is 4.90 Å². The first kappa shape index (κ1) is 14.5. The third kappa shape index (κ3) is 2.66. The Hall–Kier alpha value is -2.44. The summed E-state index contributed by atoms with van der Waals surface area (Å²) >= 11 is 0. The zero-order valence-corrected chi connectivity index (χ0v) is 11.9. The van der Waals surface area contributed by atoms with Gasteiger partial charge in [0.05, 0.1) is 0 Å². The number of pyridine rings is 1. The maximum Gasteiger partial charge on any atom is 0.314 e. The van der Waals surface area contributed by atoms with E-state index in [4.69, 9.17) is 5.73 Å². The Balaban J connectivity index is 1.98. The lowest BCUT2D eigenvalue weighted by atomic mass is 10.1. The van der Waals surface area contributed by atoms with Gasteiger partial charge in [0.25, 0.3) is 0 Å². The third-order valence-corrected chi connectivity index (χ3v) is 3.89. The van der Waals surface area contributed by atoms with E-state index in [0.29, 0.717) is 31.6 Å². The molecule has 0 aliphatic carbocycles. The van der Waals surface area contributed by atoms with E-state index in [0.717, 1.165) is 18.2 Å². The molecule has 7 heteroatoms. The number of benzene rings is 1. The fraction of sp³-hybridized carbons (Fsp3) is 0.333. The largest absolute Gasteiger partial charge is 0.369 e. The van der Waals surface area contributed by atoms with Crippen LogP contribution in [0.15, 0.2) is 24.4 Å². The number of primary amides is 1. The lowest BCUT2D eigenvalue weighted by Crippen LogP contribution is -2.38. The van der Waals surface area contributed by atoms with Crippen molar-refractivity contribution in [3.05, 3.63) is 36.0 Å². The van der Waals surface area contributed by atoms with Crippen LogP contribution in [0.25, 0.3) is 10.9 Å². The van der Waals surface area contributed by atoms with Gasteiger partial charge in [-0.2, -0.15) is 0 Å². The zero-order chi connectivity index (χ0) is 15.7. The number of aromatic nitrogens is 1. The maximum atomic E-state index is 13.9. The third-order valence-electron chi connectivity index (χ3n) is 3.89. The van der Waals surface area contributed by atoms with Gasteiger partial charge in [0, 0.05) is 49.5 Å². The molecule has 0 atom stereocenters. The first-order valence-electron chi connectivity index (χ1n) is 7.09. The van der Waals surface area contributed by atoms with Gasteiger partial charge in [-0.05, 0) is 18.6 Å². The number of nitrogens with zero attached hydrogens (tertiary/aromatic N) is 3. The van der Waals surface area contributed by atoms with Gasteiger partial charge in [-0.25, -0.2) is 13.6 Å². The summed E-state index contributed by atoms with van der Waals surface area (Å²) in [4.78, 5) is 18.8. The van der Waals surface area contributed by atoms with Crippen LogP contribution >= 0.6 is 0 Å². The van der Waals surface area contributed by atoms with Gasteiger partial charge in [-0.1, -0.05) is 0 Å². The van der Waals surface area contributed by atoms with Gasteiger partial charge in [-0.3, -0.25) is 4.98 Å². The highest BCUT2D eigenvalue weighted by atomic mass is 19.1. The monoisotopic (exact) mass is 306 g/mol. The number of carbonyl (C=O) groups is 1. The van der Waals surface area contributed by atoms with E-state index in [-0.39, 0.29) is 5.52 Å². The highest BCUT2D eigenvalue weighted by molar-refractivity contribution is 5.92. The van der Waals surface area contributed by atoms with Crippen LogP contribution in [0.2, 0.25) is 0 Å². The summed E-state index contributed by atoms with van der Waals surface area (Å²) < 4.78 is 27.4. The van der Waals surface area contributed by atoms with Crippen molar-refractivity contribution in [2.75, 3.05) is 31.1 Å². The van der Waals surface area contributed by atoms with Crippen molar-refractivity contribution in [2.45, 2.75) is 6.42 Å². The molecule has 0 unspecified atom stereocenters. The average Bonchev–Trinajstić information content (AvgIpc) is 2.72. The molecule has 0 saturated carbocycles. The predicted molar refractivity (Wildman–Crippen MR) is 79.6 cm³/mol. The minimum Gasteiger partial charge on any atom is -0.369 e. The number of urea groups is 1. The standard InChI is InChI=1S/C15H16F2N4O/c16-10-8-11-13(2-3-19-14(11)12(17)9-10)20-4-1-5-21(7-6-20)15(18)22/h2-3,8-9H,1,4-7H2,(H2,18,22). The average molecular weight is 306 g/mol. The van der Waals surface area contributed by atoms with Gasteiger partial charge >= 0.3 is 6.03 Å². The zero-order valence-electron chi connectivity index (χ0n) is 11.9. The van der Waals surface area contributed by atoms with Crippen molar-refractivity contribution in [2.24, 2.45) is 5.73 Å². The molecule has 5 nitrogen and oxygen atoms in total. The molecule has 116 valence electrons. The van der Waals surface area contributed by atoms with Crippen molar-refractivity contribution in [3.8, 4) is 0 Å². The molecule has 2 heterocycles. The molecule has 2 aromatic rings. The number of amides is 2. The Morgan fingerprint density at radius 1 is 1.18 bits per heavy atom. The number of anilines is 1. The molecule has 1 aliphatic rings. The molecular formula is C15H16F2N4O. The summed E-state index contributed by atoms with van der Waals surface area (Å²) in [5.41, 5.74) is 6.18. The maximum absolute atomic E-state index is 13.9. The van der Waals surface area contributed by atoms with Crippen LogP contribution in [0.4, 0.5) is 19.3 Å². The lowest BCUT2D eigenvalue weighted by molar-refractivity contribution is 0.211. The predicted octanol–water partition coefficient (Wildman–Crippen LogP) is 2.10. The van der Waals surface area contributed by atoms with E-state index >= 15 is 0 Å². The molecule has 0 bridgehead atoms. The number of rotatable bonds is 1. The summed E-state index contributed by atoms with van der Waals surface area (Å²) in [6.45, 7) is 2.30. The van der Waals surface area contributed by atoms with Crippen molar-refractivity contribution in [1.82, 2.24) is 9.88 Å². The molecule has 2 N–H and O–H groups in total. The van der Waals surface area contributed by atoms with Crippen LogP contribution in [-0.4, -0.2) is 42.1 Å². The Labute approximate surface area is 126 Å². The SMILES string of the molecule is NC(=O)N1CCCN(c2ccnc3c(F)cc(F)cc23)CC1. The van der Waals surface area contributed by atoms with Crippen LogP contribution in [0.5, 0.6) is 0 Å². The van der Waals surface area contributed by atoms with Gasteiger partial charge in [0.2, 0.25) is 0 Å². The molecule has 1 saturated heterocycles. The van der Waals surface area contributed by atoms with Crippen molar-refractivity contribution < 1.29 is 13.6 Å². The molecule has 0 radical (unpaired) electrons. The van der Waals surface area contributed by atoms with Gasteiger partial charge in [0.1, 0.15) is 11.3 Å². The molecule has 1 aromatic heterocycles. The number of hydrogen-bond donors (Lipinski definition) is 1. The Bertz CT molecular complexity index is 722. The summed E-state index contributed by atoms with van der Waals surface area (Å²) in [7, 11) is 0. The number of hydrogen-bond acceptors (Lipinski definition) is 3. The van der Waals surface area contributed by atoms with Crippen LogP contribution in [0.3, 0.4) is 0 Å². The second-order valence-electron chi connectivity index (χ2n) is 5.28. The van der Waals surface area contributed by atoms with Crippen LogP contribution < -0.4 is 10.6 Å². The van der Waals surface area contributed by atoms with E-state index in [1.165, 1.54) is 12.3 Å². The van der Waals surface area contributed by atoms with E-state index in [2.05, 4.69) is 4.98 Å². The minimum atomic E-state index is -0.676. The Kier molecular flexibility index (Phi) is 3.79. The number of fused-ring (bicyclic) bond motifs is 1. The van der Waals surface area contributed by atoms with E-state index in [1.54, 1.807) is 11.0 Å². The summed E-state index contributed by atoms with van der Waals surface area (Å²) in [6.07, 6.45) is 2.25. The second-order valence-corrected chi connectivity index (χ2v) is 5.28. The highest BCUT2D eigenvalue weighted by Crippen LogP contribution is 2.28. The van der Waals surface area contributed by atoms with Crippen molar-refractivity contribution in [3.63, 3.8) is 0 Å². The first-order valence-corrected chi connectivity index (χ1v) is 7.09. The molecular weight excluding hydrogens is 290 g/mol. The number of halogens is 2. The first-order chi connectivity index (χ1) is 10.6. The minimum absolute atomic E-state index is 0.148. The van der Waals surface area contributed by atoms with Crippen LogP contribution in [0, 0.1) is 11.6 Å². The van der Waals surface area contributed by atoms with E-state index < -0.39 is 17.7 Å².